The molecule has 0 saturated heterocycles. The van der Waals surface area contributed by atoms with Gasteiger partial charge in [-0.1, -0.05) is 103 Å². The number of aliphatic imine (C=N–C) groups is 1. The van der Waals surface area contributed by atoms with Crippen LogP contribution >= 0.6 is 0 Å². The Labute approximate surface area is 339 Å². The highest BCUT2D eigenvalue weighted by atomic mass is 15.0. The zero-order chi connectivity index (χ0) is 39.2. The van der Waals surface area contributed by atoms with Crippen molar-refractivity contribution in [2.75, 3.05) is 0 Å². The number of aromatic nitrogens is 4. The zero-order valence-corrected chi connectivity index (χ0v) is 32.3. The molecule has 5 heteroatoms. The fraction of sp³-hybridized carbons (Fsp3) is 0.0370. The van der Waals surface area contributed by atoms with Crippen molar-refractivity contribution in [3.8, 4) is 22.3 Å². The molecule has 0 radical (unpaired) electrons. The summed E-state index contributed by atoms with van der Waals surface area (Å²) in [7, 11) is 0. The highest BCUT2D eigenvalue weighted by Gasteiger charge is 2.18. The van der Waals surface area contributed by atoms with E-state index in [1.165, 1.54) is 59.7 Å². The summed E-state index contributed by atoms with van der Waals surface area (Å²) in [5.74, 6) is 0. The lowest BCUT2D eigenvalue weighted by atomic mass is 9.92. The van der Waals surface area contributed by atoms with Crippen molar-refractivity contribution in [2.24, 2.45) is 4.99 Å². The maximum absolute atomic E-state index is 4.96. The highest BCUT2D eigenvalue weighted by Crippen LogP contribution is 2.41. The predicted octanol–water partition coefficient (Wildman–Crippen LogP) is 14.1. The molecule has 0 aliphatic carbocycles. The van der Waals surface area contributed by atoms with Crippen LogP contribution in [0.4, 0.5) is 5.69 Å². The monoisotopic (exact) mass is 753 g/mol. The van der Waals surface area contributed by atoms with Crippen molar-refractivity contribution in [1.29, 1.82) is 0 Å². The van der Waals surface area contributed by atoms with Gasteiger partial charge < -0.3 is 4.57 Å². The maximum atomic E-state index is 4.96. The van der Waals surface area contributed by atoms with E-state index >= 15 is 0 Å². The quantitative estimate of drug-likeness (QED) is 0.125. The molecule has 12 rings (SSSR count). The minimum atomic E-state index is 0.727. The van der Waals surface area contributed by atoms with Crippen molar-refractivity contribution >= 4 is 105 Å². The zero-order valence-electron chi connectivity index (χ0n) is 32.3. The first kappa shape index (κ1) is 33.4. The number of rotatable bonds is 6. The van der Waals surface area contributed by atoms with Gasteiger partial charge in [-0.05, 0) is 117 Å². The lowest BCUT2D eigenvalue weighted by molar-refractivity contribution is 0.876. The number of nitrogens with zero attached hydrogens (tertiary/aromatic N) is 5. The molecule has 0 bridgehead atoms. The van der Waals surface area contributed by atoms with Gasteiger partial charge in [0.2, 0.25) is 0 Å². The molecular formula is C54H35N5. The molecule has 4 heterocycles. The second-order valence-corrected chi connectivity index (χ2v) is 15.5. The van der Waals surface area contributed by atoms with Gasteiger partial charge >= 0.3 is 0 Å². The fourth-order valence-electron chi connectivity index (χ4n) is 9.58. The van der Waals surface area contributed by atoms with Crippen LogP contribution in [0.1, 0.15) is 18.1 Å². The number of pyridine rings is 3. The van der Waals surface area contributed by atoms with Gasteiger partial charge in [0.25, 0.3) is 0 Å². The van der Waals surface area contributed by atoms with Gasteiger partial charge in [-0.3, -0.25) is 19.9 Å². The Kier molecular flexibility index (Phi) is 7.29. The fourth-order valence-corrected chi connectivity index (χ4v) is 9.58. The van der Waals surface area contributed by atoms with E-state index < -0.39 is 0 Å². The molecule has 0 spiro atoms. The van der Waals surface area contributed by atoms with Gasteiger partial charge in [0.15, 0.2) is 0 Å². The topological polar surface area (TPSA) is 56.0 Å². The summed E-state index contributed by atoms with van der Waals surface area (Å²) >= 11 is 0. The van der Waals surface area contributed by atoms with E-state index in [1.54, 1.807) is 0 Å². The smallest absolute Gasteiger partial charge is 0.0970 e. The summed E-state index contributed by atoms with van der Waals surface area (Å²) in [5, 5.41) is 13.4. The molecule has 0 N–H and O–H groups in total. The molecular weight excluding hydrogens is 719 g/mol. The Morgan fingerprint density at radius 1 is 0.542 bits per heavy atom. The van der Waals surface area contributed by atoms with Crippen LogP contribution in [0.15, 0.2) is 169 Å². The summed E-state index contributed by atoms with van der Waals surface area (Å²) in [4.78, 5) is 18.9. The molecule has 8 aromatic carbocycles. The molecule has 59 heavy (non-hydrogen) atoms. The molecule has 0 aliphatic heterocycles. The first-order valence-corrected chi connectivity index (χ1v) is 20.0. The summed E-state index contributed by atoms with van der Waals surface area (Å²) in [5.41, 5.74) is 12.6. The molecule has 12 aromatic rings. The SMILES string of the molecule is C=Nc1c(/C=C\C)ccc2cc(-c3ccc4c(c3)c3cc(-c5cc6cccnc6c6ncccc56)ccc3n4Cc3ccc4ccc5cccc6ccc3c4c56)cnc12. The summed E-state index contributed by atoms with van der Waals surface area (Å²) in [6.07, 6.45) is 9.73. The van der Waals surface area contributed by atoms with Crippen LogP contribution in [0, 0.1) is 0 Å². The van der Waals surface area contributed by atoms with Gasteiger partial charge in [-0.25, -0.2) is 0 Å². The number of hydrogen-bond donors (Lipinski definition) is 0. The largest absolute Gasteiger partial charge is 0.336 e. The van der Waals surface area contributed by atoms with Crippen molar-refractivity contribution in [1.82, 2.24) is 19.5 Å². The van der Waals surface area contributed by atoms with Crippen LogP contribution in [-0.2, 0) is 6.54 Å². The van der Waals surface area contributed by atoms with Crippen LogP contribution in [0.25, 0.3) is 115 Å². The van der Waals surface area contributed by atoms with Gasteiger partial charge in [-0.2, -0.15) is 0 Å². The van der Waals surface area contributed by atoms with Gasteiger partial charge in [0.05, 0.1) is 22.2 Å². The third kappa shape index (κ3) is 5.04. The van der Waals surface area contributed by atoms with Crippen LogP contribution in [-0.4, -0.2) is 26.2 Å². The van der Waals surface area contributed by atoms with Gasteiger partial charge in [0.1, 0.15) is 0 Å². The Morgan fingerprint density at radius 3 is 2.03 bits per heavy atom. The third-order valence-electron chi connectivity index (χ3n) is 12.3. The third-order valence-corrected chi connectivity index (χ3v) is 12.3. The predicted molar refractivity (Wildman–Crippen MR) is 249 cm³/mol. The maximum Gasteiger partial charge on any atom is 0.0970 e. The summed E-state index contributed by atoms with van der Waals surface area (Å²) < 4.78 is 2.50. The first-order chi connectivity index (χ1) is 29.1. The molecule has 276 valence electrons. The van der Waals surface area contributed by atoms with Crippen molar-refractivity contribution in [3.63, 3.8) is 0 Å². The van der Waals surface area contributed by atoms with Crippen LogP contribution in [0.5, 0.6) is 0 Å². The minimum Gasteiger partial charge on any atom is -0.336 e. The molecule has 0 unspecified atom stereocenters. The lowest BCUT2D eigenvalue weighted by Crippen LogP contribution is -2.01. The van der Waals surface area contributed by atoms with E-state index in [9.17, 15) is 0 Å². The van der Waals surface area contributed by atoms with Gasteiger partial charge in [0, 0.05) is 74.2 Å². The lowest BCUT2D eigenvalue weighted by Gasteiger charge is -2.15. The average Bonchev–Trinajstić information content (AvgIpc) is 3.59. The molecule has 0 amide bonds. The molecule has 0 aliphatic rings. The summed E-state index contributed by atoms with van der Waals surface area (Å²) in [6.45, 7) is 6.60. The van der Waals surface area contributed by atoms with E-state index in [4.69, 9.17) is 15.0 Å². The first-order valence-electron chi connectivity index (χ1n) is 20.0. The van der Waals surface area contributed by atoms with Gasteiger partial charge in [-0.15, -0.1) is 0 Å². The number of benzene rings is 8. The number of allylic oxidation sites excluding steroid dienone is 1. The van der Waals surface area contributed by atoms with Crippen molar-refractivity contribution < 1.29 is 0 Å². The van der Waals surface area contributed by atoms with E-state index in [2.05, 4.69) is 144 Å². The number of hydrogen-bond acceptors (Lipinski definition) is 4. The molecule has 5 nitrogen and oxygen atoms in total. The highest BCUT2D eigenvalue weighted by molar-refractivity contribution is 6.23. The van der Waals surface area contributed by atoms with Crippen LogP contribution < -0.4 is 0 Å². The Balaban J connectivity index is 1.08. The molecule has 4 aromatic heterocycles. The number of fused-ring (bicyclic) bond motifs is 7. The Morgan fingerprint density at radius 2 is 1.22 bits per heavy atom. The van der Waals surface area contributed by atoms with Crippen LogP contribution in [0.2, 0.25) is 0 Å². The average molecular weight is 754 g/mol. The minimum absolute atomic E-state index is 0.727. The Bertz CT molecular complexity index is 3730. The second kappa shape index (κ2) is 12.9. The molecule has 0 fully saturated rings. The van der Waals surface area contributed by atoms with E-state index in [-0.39, 0.29) is 0 Å². The van der Waals surface area contributed by atoms with Crippen LogP contribution in [0.3, 0.4) is 0 Å². The molecule has 0 saturated carbocycles. The van der Waals surface area contributed by atoms with Crippen molar-refractivity contribution in [3.05, 3.63) is 175 Å². The van der Waals surface area contributed by atoms with E-state index in [1.807, 2.05) is 49.8 Å². The van der Waals surface area contributed by atoms with Crippen molar-refractivity contribution in [2.45, 2.75) is 13.5 Å². The summed E-state index contributed by atoms with van der Waals surface area (Å²) in [6, 6.07) is 51.1. The van der Waals surface area contributed by atoms with E-state index in [0.717, 1.165) is 72.8 Å². The molecule has 0 atom stereocenters. The second-order valence-electron chi connectivity index (χ2n) is 15.5. The standard InChI is InChI=1S/C54H35N5/c1-3-7-35-15-16-39-26-41(30-58-52(39)51(35)55-2)36-19-22-47-45(27-36)46-28-37(44-29-38-10-5-24-56-53(38)54-43(44)11-6-25-57-54)20-23-48(46)59(47)31-40-17-14-34-13-12-32-8-4-9-33-18-21-42(40)50(34)49(32)33/h3-30H,2,31H2,1H3/b7-3-. The normalized spacial score (nSPS) is 12.2. The van der Waals surface area contributed by atoms with E-state index in [0.29, 0.717) is 0 Å². The Hall–Kier alpha value is -7.76.